The Bertz CT molecular complexity index is 986. The quantitative estimate of drug-likeness (QED) is 0.669. The van der Waals surface area contributed by atoms with Crippen molar-refractivity contribution in [2.75, 3.05) is 5.32 Å². The predicted octanol–water partition coefficient (Wildman–Crippen LogP) is 3.75. The van der Waals surface area contributed by atoms with Crippen LogP contribution in [0.1, 0.15) is 21.6 Å². The number of carbonyl (C=O) groups is 2. The zero-order valence-electron chi connectivity index (χ0n) is 13.9. The van der Waals surface area contributed by atoms with Crippen LogP contribution in [-0.2, 0) is 17.5 Å². The average Bonchev–Trinajstić information content (AvgIpc) is 2.65. The number of amides is 2. The van der Waals surface area contributed by atoms with E-state index in [2.05, 4.69) is 15.6 Å². The number of nitrogens with one attached hydrogen (secondary N) is 2. The Hall–Kier alpha value is -3.42. The Morgan fingerprint density at radius 1 is 1.04 bits per heavy atom. The van der Waals surface area contributed by atoms with E-state index in [4.69, 9.17) is 0 Å². The molecule has 2 amide bonds. The first-order chi connectivity index (χ1) is 12.9. The molecule has 1 aromatic heterocycles. The number of anilines is 1. The lowest BCUT2D eigenvalue weighted by molar-refractivity contribution is -0.137. The zero-order chi connectivity index (χ0) is 19.4. The van der Waals surface area contributed by atoms with Gasteiger partial charge in [0.1, 0.15) is 0 Å². The van der Waals surface area contributed by atoms with Gasteiger partial charge in [0.25, 0.3) is 5.91 Å². The second-order valence-electron chi connectivity index (χ2n) is 5.71. The number of para-hydroxylation sites is 1. The predicted molar refractivity (Wildman–Crippen MR) is 94.0 cm³/mol. The molecule has 0 saturated heterocycles. The minimum absolute atomic E-state index is 0.217. The van der Waals surface area contributed by atoms with Crippen LogP contribution in [0.3, 0.4) is 0 Å². The maximum absolute atomic E-state index is 12.6. The lowest BCUT2D eigenvalue weighted by atomic mass is 10.1. The molecule has 27 heavy (non-hydrogen) atoms. The molecule has 0 saturated carbocycles. The standard InChI is InChI=1S/C19H14F3N3O2/c20-19(21,22)13-5-8-14(9-6-13)25-18(27)16-3-1-2-12-4-7-15(10-23-11-26)24-17(12)16/h1-9,11H,10H2,(H,23,26)(H,25,27). The van der Waals surface area contributed by atoms with E-state index >= 15 is 0 Å². The van der Waals surface area contributed by atoms with Gasteiger partial charge in [0.05, 0.1) is 28.9 Å². The Morgan fingerprint density at radius 3 is 2.44 bits per heavy atom. The molecule has 3 rings (SSSR count). The van der Waals surface area contributed by atoms with Crippen molar-refractivity contribution in [1.29, 1.82) is 0 Å². The number of rotatable bonds is 5. The molecule has 0 spiro atoms. The number of halogens is 3. The van der Waals surface area contributed by atoms with Crippen LogP contribution in [0.5, 0.6) is 0 Å². The van der Waals surface area contributed by atoms with Gasteiger partial charge in [-0.3, -0.25) is 14.6 Å². The van der Waals surface area contributed by atoms with Crippen LogP contribution in [0.2, 0.25) is 0 Å². The van der Waals surface area contributed by atoms with Crippen molar-refractivity contribution < 1.29 is 22.8 Å². The molecule has 0 fully saturated rings. The molecule has 0 radical (unpaired) electrons. The third-order valence-corrected chi connectivity index (χ3v) is 3.86. The molecule has 8 heteroatoms. The smallest absolute Gasteiger partial charge is 0.353 e. The van der Waals surface area contributed by atoms with Crippen LogP contribution in [0, 0.1) is 0 Å². The minimum atomic E-state index is -4.44. The van der Waals surface area contributed by atoms with E-state index in [-0.39, 0.29) is 17.8 Å². The summed E-state index contributed by atoms with van der Waals surface area (Å²) < 4.78 is 37.9. The van der Waals surface area contributed by atoms with E-state index < -0.39 is 17.6 Å². The summed E-state index contributed by atoms with van der Waals surface area (Å²) in [4.78, 5) is 27.4. The number of fused-ring (bicyclic) bond motifs is 1. The van der Waals surface area contributed by atoms with Gasteiger partial charge < -0.3 is 10.6 Å². The lowest BCUT2D eigenvalue weighted by Crippen LogP contribution is -2.14. The van der Waals surface area contributed by atoms with Gasteiger partial charge in [0.2, 0.25) is 6.41 Å². The first kappa shape index (κ1) is 18.4. The molecule has 5 nitrogen and oxygen atoms in total. The third-order valence-electron chi connectivity index (χ3n) is 3.86. The lowest BCUT2D eigenvalue weighted by Gasteiger charge is -2.10. The van der Waals surface area contributed by atoms with Crippen LogP contribution in [0.15, 0.2) is 54.6 Å². The fourth-order valence-corrected chi connectivity index (χ4v) is 2.56. The van der Waals surface area contributed by atoms with Gasteiger partial charge >= 0.3 is 6.18 Å². The summed E-state index contributed by atoms with van der Waals surface area (Å²) in [6, 6.07) is 12.8. The number of pyridine rings is 1. The van der Waals surface area contributed by atoms with Crippen molar-refractivity contribution >= 4 is 28.9 Å². The summed E-state index contributed by atoms with van der Waals surface area (Å²) in [7, 11) is 0. The average molecular weight is 373 g/mol. The molecule has 138 valence electrons. The van der Waals surface area contributed by atoms with E-state index in [1.807, 2.05) is 0 Å². The number of aromatic nitrogens is 1. The minimum Gasteiger partial charge on any atom is -0.353 e. The maximum Gasteiger partial charge on any atom is 0.416 e. The Balaban J connectivity index is 1.87. The van der Waals surface area contributed by atoms with E-state index in [0.29, 0.717) is 17.6 Å². The number of benzene rings is 2. The summed E-state index contributed by atoms with van der Waals surface area (Å²) in [6.07, 6.45) is -3.89. The van der Waals surface area contributed by atoms with Crippen LogP contribution in [0.25, 0.3) is 10.9 Å². The molecule has 0 aliphatic heterocycles. The van der Waals surface area contributed by atoms with Gasteiger partial charge in [-0.1, -0.05) is 18.2 Å². The van der Waals surface area contributed by atoms with E-state index in [0.717, 1.165) is 17.5 Å². The van der Waals surface area contributed by atoms with Gasteiger partial charge in [0.15, 0.2) is 0 Å². The molecule has 3 aromatic rings. The summed E-state index contributed by atoms with van der Waals surface area (Å²) >= 11 is 0. The summed E-state index contributed by atoms with van der Waals surface area (Å²) in [6.45, 7) is 0.217. The Morgan fingerprint density at radius 2 is 1.78 bits per heavy atom. The zero-order valence-corrected chi connectivity index (χ0v) is 13.9. The van der Waals surface area contributed by atoms with Crippen LogP contribution in [-0.4, -0.2) is 17.3 Å². The monoisotopic (exact) mass is 373 g/mol. The molecule has 0 atom stereocenters. The molecule has 0 aliphatic carbocycles. The normalized spacial score (nSPS) is 11.2. The van der Waals surface area contributed by atoms with Crippen LogP contribution in [0.4, 0.5) is 18.9 Å². The van der Waals surface area contributed by atoms with E-state index in [1.165, 1.54) is 12.1 Å². The SMILES string of the molecule is O=CNCc1ccc2cccc(C(=O)Nc3ccc(C(F)(F)F)cc3)c2n1. The molecule has 2 aromatic carbocycles. The van der Waals surface area contributed by atoms with Crippen molar-refractivity contribution in [2.45, 2.75) is 12.7 Å². The molecular weight excluding hydrogens is 359 g/mol. The van der Waals surface area contributed by atoms with Crippen molar-refractivity contribution in [3.63, 3.8) is 0 Å². The van der Waals surface area contributed by atoms with Gasteiger partial charge in [-0.05, 0) is 36.4 Å². The van der Waals surface area contributed by atoms with Crippen molar-refractivity contribution in [3.8, 4) is 0 Å². The summed E-state index contributed by atoms with van der Waals surface area (Å²) in [5.74, 6) is -0.492. The van der Waals surface area contributed by atoms with E-state index in [9.17, 15) is 22.8 Å². The number of hydrogen-bond acceptors (Lipinski definition) is 3. The highest BCUT2D eigenvalue weighted by Crippen LogP contribution is 2.30. The molecule has 2 N–H and O–H groups in total. The van der Waals surface area contributed by atoms with E-state index in [1.54, 1.807) is 30.3 Å². The topological polar surface area (TPSA) is 71.1 Å². The molecule has 0 aliphatic rings. The van der Waals surface area contributed by atoms with Gasteiger partial charge in [0, 0.05) is 11.1 Å². The maximum atomic E-state index is 12.6. The van der Waals surface area contributed by atoms with Gasteiger partial charge in [-0.15, -0.1) is 0 Å². The highest BCUT2D eigenvalue weighted by atomic mass is 19.4. The van der Waals surface area contributed by atoms with Gasteiger partial charge in [-0.2, -0.15) is 13.2 Å². The Labute approximate surface area is 152 Å². The van der Waals surface area contributed by atoms with Crippen molar-refractivity contribution in [3.05, 3.63) is 71.4 Å². The number of hydrogen-bond donors (Lipinski definition) is 2. The molecular formula is C19H14F3N3O2. The number of carbonyl (C=O) groups excluding carboxylic acids is 2. The van der Waals surface area contributed by atoms with Crippen molar-refractivity contribution in [2.24, 2.45) is 0 Å². The highest BCUT2D eigenvalue weighted by molar-refractivity contribution is 6.11. The van der Waals surface area contributed by atoms with Gasteiger partial charge in [-0.25, -0.2) is 0 Å². The molecule has 0 unspecified atom stereocenters. The summed E-state index contributed by atoms with van der Waals surface area (Å²) in [5, 5.41) is 5.80. The molecule has 1 heterocycles. The Kier molecular flexibility index (Phi) is 5.07. The fourth-order valence-electron chi connectivity index (χ4n) is 2.56. The van der Waals surface area contributed by atoms with Crippen LogP contribution >= 0.6 is 0 Å². The third kappa shape index (κ3) is 4.22. The second kappa shape index (κ2) is 7.45. The van der Waals surface area contributed by atoms with Crippen molar-refractivity contribution in [1.82, 2.24) is 10.3 Å². The first-order valence-electron chi connectivity index (χ1n) is 7.93. The highest BCUT2D eigenvalue weighted by Gasteiger charge is 2.30. The number of nitrogens with zero attached hydrogens (tertiary/aromatic N) is 1. The fraction of sp³-hybridized carbons (Fsp3) is 0.105. The largest absolute Gasteiger partial charge is 0.416 e. The second-order valence-corrected chi connectivity index (χ2v) is 5.71. The molecule has 0 bridgehead atoms. The first-order valence-corrected chi connectivity index (χ1v) is 7.93. The number of alkyl halides is 3. The van der Waals surface area contributed by atoms with Crippen LogP contribution < -0.4 is 10.6 Å². The summed E-state index contributed by atoms with van der Waals surface area (Å²) in [5.41, 5.74) is 0.736.